The third-order valence-electron chi connectivity index (χ3n) is 6.19. The minimum absolute atomic E-state index is 0.0358. The minimum Gasteiger partial charge on any atom is -0.618 e. The van der Waals surface area contributed by atoms with Gasteiger partial charge in [-0.15, -0.1) is 0 Å². The lowest BCUT2D eigenvalue weighted by molar-refractivity contribution is -0.646. The number of nitrogens with one attached hydrogen (secondary N) is 2. The topological polar surface area (TPSA) is 115 Å². The van der Waals surface area contributed by atoms with Crippen LogP contribution in [0.1, 0.15) is 47.9 Å². The third-order valence-corrected chi connectivity index (χ3v) is 7.29. The molecular weight excluding hydrogens is 542 g/mol. The van der Waals surface area contributed by atoms with Crippen molar-refractivity contribution in [2.45, 2.75) is 61.4 Å². The number of nitrogens with zero attached hydrogens (tertiary/aromatic N) is 3. The molecule has 2 heterocycles. The first-order valence-electron chi connectivity index (χ1n) is 10.5. The Balaban J connectivity index is 1.83. The van der Waals surface area contributed by atoms with Gasteiger partial charge in [-0.3, -0.25) is 9.48 Å². The Labute approximate surface area is 204 Å². The van der Waals surface area contributed by atoms with Gasteiger partial charge in [0.1, 0.15) is 26.7 Å². The normalized spacial score (nSPS) is 25.1. The summed E-state index contributed by atoms with van der Waals surface area (Å²) < 4.78 is 132. The first kappa shape index (κ1) is 27.1. The molecule has 0 aromatic carbocycles. The van der Waals surface area contributed by atoms with Crippen LogP contribution in [0.25, 0.3) is 0 Å². The predicted molar refractivity (Wildman–Crippen MR) is 110 cm³/mol. The van der Waals surface area contributed by atoms with E-state index < -0.39 is 98.2 Å². The zero-order valence-electron chi connectivity index (χ0n) is 19.1. The van der Waals surface area contributed by atoms with Crippen LogP contribution in [-0.2, 0) is 28.1 Å². The Hall–Kier alpha value is -2.98. The number of aromatic nitrogens is 3. The zero-order chi connectivity index (χ0) is 28.0. The maximum Gasteiger partial charge on any atom is 0.420 e. The van der Waals surface area contributed by atoms with Gasteiger partial charge in [-0.25, -0.2) is 30.9 Å². The van der Waals surface area contributed by atoms with Crippen LogP contribution in [0, 0.1) is 15.4 Å². The molecule has 0 saturated heterocycles. The zero-order valence-corrected chi connectivity index (χ0v) is 19.9. The van der Waals surface area contributed by atoms with Gasteiger partial charge in [-0.05, 0) is 5.41 Å². The number of amides is 1. The number of rotatable bonds is 6. The highest BCUT2D eigenvalue weighted by molar-refractivity contribution is 7.91. The lowest BCUT2D eigenvalue weighted by Crippen LogP contribution is -2.47. The SMILES string of the molecule is CC1(Cn2nc(C3(F)CC3(F)F)c(C(F)(F)F)c2C(=O)Nc2cc[n+]([O-])c(S(C)(=N)=O)c2)CC(F)(F)C1. The van der Waals surface area contributed by atoms with Crippen molar-refractivity contribution >= 4 is 21.3 Å². The quantitative estimate of drug-likeness (QED) is 0.308. The monoisotopic (exact) mass is 561 g/mol. The van der Waals surface area contributed by atoms with Crippen molar-refractivity contribution < 1.29 is 48.9 Å². The van der Waals surface area contributed by atoms with E-state index in [2.05, 4.69) is 5.10 Å². The predicted octanol–water partition coefficient (Wildman–Crippen LogP) is 4.46. The van der Waals surface area contributed by atoms with Gasteiger partial charge in [0, 0.05) is 37.8 Å². The van der Waals surface area contributed by atoms with Crippen molar-refractivity contribution in [1.82, 2.24) is 9.78 Å². The first-order valence-corrected chi connectivity index (χ1v) is 12.5. The molecule has 2 saturated carbocycles. The van der Waals surface area contributed by atoms with Gasteiger partial charge in [0.15, 0.2) is 6.20 Å². The molecule has 0 spiro atoms. The number of anilines is 1. The molecule has 2 aliphatic carbocycles. The second-order valence-electron chi connectivity index (χ2n) is 9.81. The number of halogens is 8. The number of hydrogen-bond donors (Lipinski definition) is 2. The summed E-state index contributed by atoms with van der Waals surface area (Å²) in [6.45, 7) is 0.520. The molecule has 2 aromatic heterocycles. The summed E-state index contributed by atoms with van der Waals surface area (Å²) in [5.74, 6) is -8.96. The van der Waals surface area contributed by atoms with E-state index in [1.165, 1.54) is 6.92 Å². The molecule has 0 aliphatic heterocycles. The highest BCUT2D eigenvalue weighted by Gasteiger charge is 2.77. The van der Waals surface area contributed by atoms with E-state index in [1.54, 1.807) is 0 Å². The van der Waals surface area contributed by atoms with Gasteiger partial charge < -0.3 is 10.5 Å². The minimum atomic E-state index is -5.55. The molecule has 2 aromatic rings. The Morgan fingerprint density at radius 3 is 2.27 bits per heavy atom. The first-order chi connectivity index (χ1) is 16.6. The molecule has 0 radical (unpaired) electrons. The number of carbonyl (C=O) groups excluding carboxylic acids is 1. The highest BCUT2D eigenvalue weighted by Crippen LogP contribution is 2.64. The number of carbonyl (C=O) groups is 1. The number of pyridine rings is 1. The van der Waals surface area contributed by atoms with Crippen molar-refractivity contribution in [3.63, 3.8) is 0 Å². The molecular formula is C20H19F8N5O3S. The molecule has 17 heteroatoms. The number of alkyl halides is 8. The summed E-state index contributed by atoms with van der Waals surface area (Å²) in [7, 11) is -3.65. The Kier molecular flexibility index (Phi) is 5.68. The number of hydrogen-bond acceptors (Lipinski definition) is 5. The Morgan fingerprint density at radius 1 is 1.24 bits per heavy atom. The van der Waals surface area contributed by atoms with Gasteiger partial charge >= 0.3 is 6.18 Å². The largest absolute Gasteiger partial charge is 0.618 e. The van der Waals surface area contributed by atoms with E-state index in [0.29, 0.717) is 4.68 Å². The summed E-state index contributed by atoms with van der Waals surface area (Å²) in [6, 6.07) is 1.66. The van der Waals surface area contributed by atoms with Crippen LogP contribution in [0.4, 0.5) is 40.8 Å². The van der Waals surface area contributed by atoms with Crippen LogP contribution in [0.3, 0.4) is 0 Å². The van der Waals surface area contributed by atoms with E-state index in [4.69, 9.17) is 4.78 Å². The molecule has 2 N–H and O–H groups in total. The van der Waals surface area contributed by atoms with Crippen molar-refractivity contribution in [2.75, 3.05) is 11.6 Å². The van der Waals surface area contributed by atoms with E-state index in [0.717, 1.165) is 24.6 Å². The molecule has 2 atom stereocenters. The average molecular weight is 561 g/mol. The van der Waals surface area contributed by atoms with E-state index in [1.807, 2.05) is 5.32 Å². The fourth-order valence-corrected chi connectivity index (χ4v) is 5.32. The van der Waals surface area contributed by atoms with Gasteiger partial charge in [0.2, 0.25) is 11.6 Å². The summed E-state index contributed by atoms with van der Waals surface area (Å²) in [6.07, 6.45) is -7.17. The molecule has 37 heavy (non-hydrogen) atoms. The van der Waals surface area contributed by atoms with Gasteiger partial charge in [-0.1, -0.05) is 6.92 Å². The molecule has 0 bridgehead atoms. The van der Waals surface area contributed by atoms with E-state index >= 15 is 0 Å². The second kappa shape index (κ2) is 7.77. The summed E-state index contributed by atoms with van der Waals surface area (Å²) in [5.41, 5.74) is -10.8. The van der Waals surface area contributed by atoms with Crippen LogP contribution in [0.2, 0.25) is 0 Å². The standard InChI is InChI=1S/C20H19F8N5O3S/c1-16(6-17(21,22)7-16)9-32-13(12(20(26,27)28)14(31-32)18(23)8-19(18,24)25)15(34)30-10-3-4-33(35)11(5-10)37(2,29)36/h3-5,29H,6-9H2,1-2H3,(H,30,34). The van der Waals surface area contributed by atoms with Crippen LogP contribution < -0.4 is 10.0 Å². The Bertz CT molecular complexity index is 1400. The second-order valence-corrected chi connectivity index (χ2v) is 11.9. The molecule has 1 amide bonds. The van der Waals surface area contributed by atoms with Crippen molar-refractivity contribution in [2.24, 2.45) is 5.41 Å². The van der Waals surface area contributed by atoms with Crippen molar-refractivity contribution in [3.05, 3.63) is 40.5 Å². The van der Waals surface area contributed by atoms with Crippen molar-refractivity contribution in [3.8, 4) is 0 Å². The molecule has 2 unspecified atom stereocenters. The lowest BCUT2D eigenvalue weighted by atomic mass is 9.67. The van der Waals surface area contributed by atoms with E-state index in [-0.39, 0.29) is 4.73 Å². The molecule has 8 nitrogen and oxygen atoms in total. The average Bonchev–Trinajstić information content (AvgIpc) is 3.01. The summed E-state index contributed by atoms with van der Waals surface area (Å²) >= 11 is 0. The fourth-order valence-electron chi connectivity index (χ4n) is 4.56. The highest BCUT2D eigenvalue weighted by atomic mass is 32.2. The third kappa shape index (κ3) is 4.72. The summed E-state index contributed by atoms with van der Waals surface area (Å²) in [4.78, 5) is 13.1. The van der Waals surface area contributed by atoms with Crippen LogP contribution in [0.5, 0.6) is 0 Å². The fraction of sp³-hybridized carbons (Fsp3) is 0.550. The molecule has 204 valence electrons. The molecule has 2 fully saturated rings. The van der Waals surface area contributed by atoms with Gasteiger partial charge in [0.25, 0.3) is 16.9 Å². The molecule has 2 aliphatic rings. The van der Waals surface area contributed by atoms with Crippen LogP contribution in [-0.4, -0.2) is 38.0 Å². The van der Waals surface area contributed by atoms with Crippen LogP contribution >= 0.6 is 0 Å². The van der Waals surface area contributed by atoms with Gasteiger partial charge in [-0.2, -0.15) is 23.0 Å². The summed E-state index contributed by atoms with van der Waals surface area (Å²) in [5, 5.41) is 16.5. The Morgan fingerprint density at radius 2 is 1.81 bits per heavy atom. The molecule has 4 rings (SSSR count). The maximum atomic E-state index is 14.9. The van der Waals surface area contributed by atoms with Gasteiger partial charge in [0.05, 0.1) is 12.1 Å². The maximum absolute atomic E-state index is 14.9. The van der Waals surface area contributed by atoms with Crippen molar-refractivity contribution in [1.29, 1.82) is 4.78 Å². The lowest BCUT2D eigenvalue weighted by Gasteiger charge is -2.44. The smallest absolute Gasteiger partial charge is 0.420 e. The van der Waals surface area contributed by atoms with E-state index in [9.17, 15) is 49.3 Å². The van der Waals surface area contributed by atoms with Crippen LogP contribution in [0.15, 0.2) is 23.4 Å².